The molecule has 0 radical (unpaired) electrons. The number of carbonyl (C=O) groups is 3. The summed E-state index contributed by atoms with van der Waals surface area (Å²) in [4.78, 5) is 40.6. The predicted molar refractivity (Wildman–Crippen MR) is 110 cm³/mol. The van der Waals surface area contributed by atoms with Crippen LogP contribution in [0.15, 0.2) is 12.1 Å². The second-order valence-corrected chi connectivity index (χ2v) is 8.67. The maximum Gasteiger partial charge on any atom is 0.327 e. The summed E-state index contributed by atoms with van der Waals surface area (Å²) in [5, 5.41) is 33.3. The first-order chi connectivity index (χ1) is 15.3. The van der Waals surface area contributed by atoms with Gasteiger partial charge in [0.05, 0.1) is 32.7 Å². The molecule has 4 rings (SSSR count). The molecule has 3 aliphatic rings. The number of nitrogens with zero attached hydrogens (tertiary/aromatic N) is 1. The number of carboxylic acids is 1. The molecule has 3 fully saturated rings. The molecule has 32 heavy (non-hydrogen) atoms. The molecule has 1 saturated carbocycles. The summed E-state index contributed by atoms with van der Waals surface area (Å²) in [6.07, 6.45) is 4.21. The van der Waals surface area contributed by atoms with Crippen LogP contribution in [-0.2, 0) is 14.4 Å². The second kappa shape index (κ2) is 8.25. The van der Waals surface area contributed by atoms with Crippen molar-refractivity contribution in [1.82, 2.24) is 10.2 Å². The number of imide groups is 1. The lowest BCUT2D eigenvalue weighted by atomic mass is 9.79. The van der Waals surface area contributed by atoms with E-state index in [-0.39, 0.29) is 23.3 Å². The van der Waals surface area contributed by atoms with Crippen LogP contribution in [0.4, 0.5) is 0 Å². The first-order valence-corrected chi connectivity index (χ1v) is 10.7. The number of ether oxygens (including phenoxy) is 2. The van der Waals surface area contributed by atoms with Crippen LogP contribution in [0.5, 0.6) is 17.2 Å². The van der Waals surface area contributed by atoms with Crippen LogP contribution in [0.3, 0.4) is 0 Å². The Balaban J connectivity index is 1.83. The van der Waals surface area contributed by atoms with E-state index < -0.39 is 47.8 Å². The number of likely N-dealkylation sites (tertiary alicyclic amines) is 1. The summed E-state index contributed by atoms with van der Waals surface area (Å²) in [5.74, 6) is -4.75. The predicted octanol–water partition coefficient (Wildman–Crippen LogP) is 0.803. The standard InChI is InChI=1S/C22H28N2O8/c1-31-13-8-11(9-14(32-2)18(13)26)17-15-16(22(10-25,23-17)21(29)30)20(28)24(19(15)27)12-6-4-3-5-7-12/h8-9,12,15-17,23,25-26H,3-7,10H2,1-2H3,(H,29,30). The zero-order valence-electron chi connectivity index (χ0n) is 18.0. The highest BCUT2D eigenvalue weighted by Crippen LogP contribution is 2.51. The number of aliphatic hydroxyl groups is 1. The highest BCUT2D eigenvalue weighted by atomic mass is 16.5. The lowest BCUT2D eigenvalue weighted by molar-refractivity contribution is -0.154. The number of carboxylic acid groups (broad SMARTS) is 1. The Kier molecular flexibility index (Phi) is 5.76. The topological polar surface area (TPSA) is 146 Å². The monoisotopic (exact) mass is 448 g/mol. The van der Waals surface area contributed by atoms with Gasteiger partial charge in [0.2, 0.25) is 17.6 Å². The summed E-state index contributed by atoms with van der Waals surface area (Å²) >= 11 is 0. The van der Waals surface area contributed by atoms with Crippen LogP contribution < -0.4 is 14.8 Å². The van der Waals surface area contributed by atoms with Gasteiger partial charge in [-0.05, 0) is 30.5 Å². The lowest BCUT2D eigenvalue weighted by Crippen LogP contribution is -2.59. The Morgan fingerprint density at radius 3 is 2.22 bits per heavy atom. The van der Waals surface area contributed by atoms with Gasteiger partial charge in [-0.2, -0.15) is 0 Å². The number of phenols is 1. The highest BCUT2D eigenvalue weighted by Gasteiger charge is 2.69. The molecule has 4 unspecified atom stereocenters. The van der Waals surface area contributed by atoms with E-state index in [0.29, 0.717) is 18.4 Å². The van der Waals surface area contributed by atoms with E-state index in [9.17, 15) is 29.7 Å². The number of nitrogens with one attached hydrogen (secondary N) is 1. The van der Waals surface area contributed by atoms with Crippen molar-refractivity contribution in [3.05, 3.63) is 17.7 Å². The van der Waals surface area contributed by atoms with Gasteiger partial charge in [0.25, 0.3) is 0 Å². The van der Waals surface area contributed by atoms with E-state index in [1.54, 1.807) is 0 Å². The number of amides is 2. The van der Waals surface area contributed by atoms with Crippen LogP contribution in [0.1, 0.15) is 43.7 Å². The minimum absolute atomic E-state index is 0.0791. The quantitative estimate of drug-likeness (QED) is 0.464. The normalized spacial score (nSPS) is 30.5. The molecule has 2 amide bonds. The number of benzene rings is 1. The van der Waals surface area contributed by atoms with Gasteiger partial charge in [-0.25, -0.2) is 0 Å². The van der Waals surface area contributed by atoms with E-state index >= 15 is 0 Å². The molecule has 0 bridgehead atoms. The Hall–Kier alpha value is -2.85. The molecule has 2 heterocycles. The van der Waals surface area contributed by atoms with Gasteiger partial charge in [-0.3, -0.25) is 24.6 Å². The van der Waals surface area contributed by atoms with Crippen LogP contribution in [0.2, 0.25) is 0 Å². The van der Waals surface area contributed by atoms with Crippen molar-refractivity contribution in [1.29, 1.82) is 0 Å². The highest BCUT2D eigenvalue weighted by molar-refractivity contribution is 6.09. The van der Waals surface area contributed by atoms with Crippen molar-refractivity contribution in [3.8, 4) is 17.2 Å². The van der Waals surface area contributed by atoms with Gasteiger partial charge in [0, 0.05) is 12.1 Å². The number of rotatable bonds is 6. The van der Waals surface area contributed by atoms with E-state index in [4.69, 9.17) is 9.47 Å². The van der Waals surface area contributed by atoms with Crippen molar-refractivity contribution in [2.24, 2.45) is 11.8 Å². The second-order valence-electron chi connectivity index (χ2n) is 8.67. The van der Waals surface area contributed by atoms with Gasteiger partial charge in [0.15, 0.2) is 17.0 Å². The first kappa shape index (κ1) is 22.3. The third kappa shape index (κ3) is 3.12. The van der Waals surface area contributed by atoms with Crippen molar-refractivity contribution < 1.29 is 39.2 Å². The van der Waals surface area contributed by atoms with Gasteiger partial charge in [0.1, 0.15) is 0 Å². The largest absolute Gasteiger partial charge is 0.502 e. The average molecular weight is 448 g/mol. The molecule has 1 aliphatic carbocycles. The van der Waals surface area contributed by atoms with Gasteiger partial charge in [-0.1, -0.05) is 19.3 Å². The number of aliphatic carboxylic acids is 1. The molecule has 10 heteroatoms. The third-order valence-electron chi connectivity index (χ3n) is 7.12. The SMILES string of the molecule is COc1cc(C2NC(CO)(C(=O)O)C3C(=O)N(C4CCCCC4)C(=O)C23)cc(OC)c1O. The van der Waals surface area contributed by atoms with Crippen LogP contribution in [-0.4, -0.2) is 70.4 Å². The summed E-state index contributed by atoms with van der Waals surface area (Å²) in [6, 6.07) is 1.78. The van der Waals surface area contributed by atoms with Crippen LogP contribution in [0, 0.1) is 11.8 Å². The number of hydrogen-bond donors (Lipinski definition) is 4. The number of hydrogen-bond acceptors (Lipinski definition) is 8. The smallest absolute Gasteiger partial charge is 0.327 e. The number of carbonyl (C=O) groups excluding carboxylic acids is 2. The van der Waals surface area contributed by atoms with E-state index in [1.807, 2.05) is 0 Å². The minimum Gasteiger partial charge on any atom is -0.502 e. The zero-order chi connectivity index (χ0) is 23.2. The number of fused-ring (bicyclic) bond motifs is 1. The van der Waals surface area contributed by atoms with E-state index in [0.717, 1.165) is 19.3 Å². The number of methoxy groups -OCH3 is 2. The zero-order valence-corrected chi connectivity index (χ0v) is 18.0. The van der Waals surface area contributed by atoms with E-state index in [1.165, 1.54) is 31.3 Å². The molecule has 0 spiro atoms. The molecule has 0 aromatic heterocycles. The van der Waals surface area contributed by atoms with Crippen molar-refractivity contribution in [2.45, 2.75) is 49.7 Å². The molecule has 4 atom stereocenters. The Labute approximate surface area is 185 Å². The number of aromatic hydroxyl groups is 1. The van der Waals surface area contributed by atoms with Crippen molar-refractivity contribution >= 4 is 17.8 Å². The number of phenolic OH excluding ortho intramolecular Hbond substituents is 1. The number of aliphatic hydroxyl groups excluding tert-OH is 1. The van der Waals surface area contributed by atoms with Gasteiger partial charge >= 0.3 is 5.97 Å². The fraction of sp³-hybridized carbons (Fsp3) is 0.591. The lowest BCUT2D eigenvalue weighted by Gasteiger charge is -2.33. The molecule has 2 saturated heterocycles. The first-order valence-electron chi connectivity index (χ1n) is 10.7. The molecule has 10 nitrogen and oxygen atoms in total. The average Bonchev–Trinajstić information content (AvgIpc) is 3.29. The Morgan fingerprint density at radius 1 is 1.12 bits per heavy atom. The minimum atomic E-state index is -2.01. The van der Waals surface area contributed by atoms with Gasteiger partial charge in [-0.15, -0.1) is 0 Å². The molecular weight excluding hydrogens is 420 g/mol. The summed E-state index contributed by atoms with van der Waals surface area (Å²) in [6.45, 7) is -0.857. The van der Waals surface area contributed by atoms with Crippen molar-refractivity contribution in [2.75, 3.05) is 20.8 Å². The molecular formula is C22H28N2O8. The van der Waals surface area contributed by atoms with Crippen LogP contribution in [0.25, 0.3) is 0 Å². The molecule has 2 aliphatic heterocycles. The Morgan fingerprint density at radius 2 is 1.72 bits per heavy atom. The fourth-order valence-electron chi connectivity index (χ4n) is 5.51. The molecule has 1 aromatic rings. The fourth-order valence-corrected chi connectivity index (χ4v) is 5.51. The summed E-state index contributed by atoms with van der Waals surface area (Å²) in [5.41, 5.74) is -1.60. The summed E-state index contributed by atoms with van der Waals surface area (Å²) in [7, 11) is 2.71. The van der Waals surface area contributed by atoms with Crippen molar-refractivity contribution in [3.63, 3.8) is 0 Å². The maximum atomic E-state index is 13.6. The summed E-state index contributed by atoms with van der Waals surface area (Å²) < 4.78 is 10.4. The molecule has 1 aromatic carbocycles. The molecule has 4 N–H and O–H groups in total. The maximum absolute atomic E-state index is 13.6. The Bertz CT molecular complexity index is 919. The van der Waals surface area contributed by atoms with E-state index in [2.05, 4.69) is 5.32 Å². The molecule has 174 valence electrons. The third-order valence-corrected chi connectivity index (χ3v) is 7.12. The van der Waals surface area contributed by atoms with Gasteiger partial charge < -0.3 is 24.8 Å². The van der Waals surface area contributed by atoms with Crippen LogP contribution >= 0.6 is 0 Å².